The summed E-state index contributed by atoms with van der Waals surface area (Å²) >= 11 is 0. The molecular weight excluding hydrogens is 266 g/mol. The van der Waals surface area contributed by atoms with Gasteiger partial charge < -0.3 is 10.4 Å². The first-order valence-corrected chi connectivity index (χ1v) is 7.54. The third kappa shape index (κ3) is 5.00. The number of carboxylic acid groups (broad SMARTS) is 1. The third-order valence-corrected chi connectivity index (χ3v) is 4.74. The molecule has 0 heterocycles. The van der Waals surface area contributed by atoms with Gasteiger partial charge in [0.2, 0.25) is 0 Å². The van der Waals surface area contributed by atoms with Gasteiger partial charge in [-0.1, -0.05) is 17.7 Å². The summed E-state index contributed by atoms with van der Waals surface area (Å²) < 4.78 is 24.4. The van der Waals surface area contributed by atoms with Gasteiger partial charge in [-0.15, -0.1) is 0 Å². The van der Waals surface area contributed by atoms with Gasteiger partial charge in [-0.2, -0.15) is 0 Å². The standard InChI is InChI=1S/C13H19NO4S/c1-10-4-6-11(7-5-10)19(17,18)9-13(2,3)14-8-12(15)16/h4-7,14H,8-9H2,1-3H3,(H,15,16). The minimum Gasteiger partial charge on any atom is -0.480 e. The van der Waals surface area contributed by atoms with E-state index in [2.05, 4.69) is 5.32 Å². The van der Waals surface area contributed by atoms with Crippen molar-refractivity contribution >= 4 is 15.8 Å². The fourth-order valence-electron chi connectivity index (χ4n) is 1.67. The summed E-state index contributed by atoms with van der Waals surface area (Å²) in [6, 6.07) is 6.62. The van der Waals surface area contributed by atoms with Gasteiger partial charge in [0.05, 0.1) is 17.2 Å². The van der Waals surface area contributed by atoms with E-state index in [0.29, 0.717) is 0 Å². The van der Waals surface area contributed by atoms with Crippen molar-refractivity contribution in [2.24, 2.45) is 0 Å². The van der Waals surface area contributed by atoms with Crippen LogP contribution in [0.4, 0.5) is 0 Å². The summed E-state index contributed by atoms with van der Waals surface area (Å²) in [5.41, 5.74) is 0.185. The summed E-state index contributed by atoms with van der Waals surface area (Å²) in [4.78, 5) is 10.8. The minimum absolute atomic E-state index is 0.156. The van der Waals surface area contributed by atoms with E-state index in [4.69, 9.17) is 5.11 Å². The van der Waals surface area contributed by atoms with E-state index < -0.39 is 21.3 Å². The fraction of sp³-hybridized carbons (Fsp3) is 0.462. The molecule has 106 valence electrons. The average Bonchev–Trinajstić information content (AvgIpc) is 2.26. The van der Waals surface area contributed by atoms with Crippen molar-refractivity contribution in [3.05, 3.63) is 29.8 Å². The van der Waals surface area contributed by atoms with Crippen molar-refractivity contribution in [1.29, 1.82) is 0 Å². The summed E-state index contributed by atoms with van der Waals surface area (Å²) in [5.74, 6) is -1.17. The van der Waals surface area contributed by atoms with Crippen LogP contribution in [0.3, 0.4) is 0 Å². The molecule has 0 amide bonds. The maximum Gasteiger partial charge on any atom is 0.317 e. The first-order valence-electron chi connectivity index (χ1n) is 5.89. The highest BCUT2D eigenvalue weighted by Crippen LogP contribution is 2.17. The monoisotopic (exact) mass is 285 g/mol. The van der Waals surface area contributed by atoms with E-state index in [0.717, 1.165) is 5.56 Å². The lowest BCUT2D eigenvalue weighted by Crippen LogP contribution is -2.47. The molecule has 0 aromatic heterocycles. The highest BCUT2D eigenvalue weighted by molar-refractivity contribution is 7.91. The number of sulfone groups is 1. The molecule has 19 heavy (non-hydrogen) atoms. The van der Waals surface area contributed by atoms with E-state index in [1.807, 2.05) is 6.92 Å². The smallest absolute Gasteiger partial charge is 0.317 e. The zero-order chi connectivity index (χ0) is 14.7. The Bertz CT molecular complexity index is 547. The number of aryl methyl sites for hydroxylation is 1. The molecule has 0 bridgehead atoms. The Kier molecular flexibility index (Phi) is 4.70. The zero-order valence-electron chi connectivity index (χ0n) is 11.3. The van der Waals surface area contributed by atoms with Gasteiger partial charge in [0.25, 0.3) is 0 Å². The Labute approximate surface area is 113 Å². The van der Waals surface area contributed by atoms with Gasteiger partial charge in [0.1, 0.15) is 0 Å². The van der Waals surface area contributed by atoms with E-state index in [1.54, 1.807) is 38.1 Å². The normalized spacial score (nSPS) is 12.4. The molecule has 0 atom stereocenters. The lowest BCUT2D eigenvalue weighted by molar-refractivity contribution is -0.136. The quantitative estimate of drug-likeness (QED) is 0.821. The number of rotatable bonds is 6. The van der Waals surface area contributed by atoms with Gasteiger partial charge in [-0.3, -0.25) is 4.79 Å². The highest BCUT2D eigenvalue weighted by atomic mass is 32.2. The van der Waals surface area contributed by atoms with Crippen molar-refractivity contribution in [3.8, 4) is 0 Å². The molecule has 0 fully saturated rings. The van der Waals surface area contributed by atoms with Crippen molar-refractivity contribution in [1.82, 2.24) is 5.32 Å². The predicted octanol–water partition coefficient (Wildman–Crippen LogP) is 1.22. The van der Waals surface area contributed by atoms with Crippen LogP contribution >= 0.6 is 0 Å². The summed E-state index contributed by atoms with van der Waals surface area (Å²) in [6.07, 6.45) is 0. The molecule has 0 saturated heterocycles. The molecule has 1 aromatic carbocycles. The SMILES string of the molecule is Cc1ccc(S(=O)(=O)CC(C)(C)NCC(=O)O)cc1. The van der Waals surface area contributed by atoms with Crippen molar-refractivity contribution < 1.29 is 18.3 Å². The van der Waals surface area contributed by atoms with Crippen LogP contribution in [0, 0.1) is 6.92 Å². The summed E-state index contributed by atoms with van der Waals surface area (Å²) in [7, 11) is -3.44. The molecule has 0 spiro atoms. The largest absolute Gasteiger partial charge is 0.480 e. The van der Waals surface area contributed by atoms with Crippen LogP contribution in [0.5, 0.6) is 0 Å². The molecular formula is C13H19NO4S. The molecule has 0 saturated carbocycles. The molecule has 6 heteroatoms. The van der Waals surface area contributed by atoms with Gasteiger partial charge in [0.15, 0.2) is 9.84 Å². The Hall–Kier alpha value is -1.40. The van der Waals surface area contributed by atoms with Crippen LogP contribution < -0.4 is 5.32 Å². The summed E-state index contributed by atoms with van der Waals surface area (Å²) in [5, 5.41) is 11.3. The Morgan fingerprint density at radius 2 is 1.79 bits per heavy atom. The predicted molar refractivity (Wildman–Crippen MR) is 72.9 cm³/mol. The minimum atomic E-state index is -3.44. The number of hydrogen-bond donors (Lipinski definition) is 2. The number of nitrogens with one attached hydrogen (secondary N) is 1. The van der Waals surface area contributed by atoms with Gasteiger partial charge in [0, 0.05) is 5.54 Å². The molecule has 0 aliphatic carbocycles. The van der Waals surface area contributed by atoms with Crippen LogP contribution in [0.2, 0.25) is 0 Å². The second-order valence-electron chi connectivity index (χ2n) is 5.20. The Morgan fingerprint density at radius 1 is 1.26 bits per heavy atom. The molecule has 5 nitrogen and oxygen atoms in total. The van der Waals surface area contributed by atoms with Crippen LogP contribution in [0.15, 0.2) is 29.2 Å². The number of carbonyl (C=O) groups is 1. The van der Waals surface area contributed by atoms with E-state index in [-0.39, 0.29) is 17.2 Å². The van der Waals surface area contributed by atoms with Crippen molar-refractivity contribution in [2.75, 3.05) is 12.3 Å². The molecule has 0 radical (unpaired) electrons. The fourth-order valence-corrected chi connectivity index (χ4v) is 3.44. The molecule has 1 aromatic rings. The molecule has 1 rings (SSSR count). The van der Waals surface area contributed by atoms with Crippen molar-refractivity contribution in [2.45, 2.75) is 31.2 Å². The molecule has 0 aliphatic rings. The van der Waals surface area contributed by atoms with Crippen LogP contribution in [-0.2, 0) is 14.6 Å². The van der Waals surface area contributed by atoms with E-state index >= 15 is 0 Å². The lowest BCUT2D eigenvalue weighted by Gasteiger charge is -2.25. The second kappa shape index (κ2) is 5.71. The van der Waals surface area contributed by atoms with Crippen LogP contribution in [0.25, 0.3) is 0 Å². The maximum atomic E-state index is 12.2. The first-order chi connectivity index (χ1) is 8.62. The Balaban J connectivity index is 2.84. The average molecular weight is 285 g/mol. The van der Waals surface area contributed by atoms with E-state index in [1.165, 1.54) is 0 Å². The molecule has 0 unspecified atom stereocenters. The zero-order valence-corrected chi connectivity index (χ0v) is 12.1. The number of hydrogen-bond acceptors (Lipinski definition) is 4. The van der Waals surface area contributed by atoms with Crippen molar-refractivity contribution in [3.63, 3.8) is 0 Å². The van der Waals surface area contributed by atoms with E-state index in [9.17, 15) is 13.2 Å². The second-order valence-corrected chi connectivity index (χ2v) is 7.19. The maximum absolute atomic E-state index is 12.2. The summed E-state index contributed by atoms with van der Waals surface area (Å²) in [6.45, 7) is 4.95. The van der Waals surface area contributed by atoms with Gasteiger partial charge >= 0.3 is 5.97 Å². The number of aliphatic carboxylic acids is 1. The number of benzene rings is 1. The number of carboxylic acids is 1. The molecule has 2 N–H and O–H groups in total. The first kappa shape index (κ1) is 15.7. The van der Waals surface area contributed by atoms with Crippen LogP contribution in [-0.4, -0.2) is 37.3 Å². The van der Waals surface area contributed by atoms with Crippen LogP contribution in [0.1, 0.15) is 19.4 Å². The topological polar surface area (TPSA) is 83.5 Å². The third-order valence-electron chi connectivity index (χ3n) is 2.65. The Morgan fingerprint density at radius 3 is 2.26 bits per heavy atom. The van der Waals surface area contributed by atoms with Gasteiger partial charge in [-0.25, -0.2) is 8.42 Å². The molecule has 0 aliphatic heterocycles. The van der Waals surface area contributed by atoms with Gasteiger partial charge in [-0.05, 0) is 32.9 Å². The highest BCUT2D eigenvalue weighted by Gasteiger charge is 2.27. The lowest BCUT2D eigenvalue weighted by atomic mass is 10.1.